The fourth-order valence-corrected chi connectivity index (χ4v) is 2.26. The molecular formula is C17H20N4O5. The maximum absolute atomic E-state index is 12.4. The number of carbonyl (C=O) groups excluding carboxylic acids is 1. The Kier molecular flexibility index (Phi) is 6.31. The summed E-state index contributed by atoms with van der Waals surface area (Å²) in [5.74, 6) is 0.285. The smallest absolute Gasteiger partial charge is 0.340 e. The van der Waals surface area contributed by atoms with Gasteiger partial charge in [-0.05, 0) is 13.0 Å². The molecule has 1 aromatic heterocycles. The maximum atomic E-state index is 12.4. The Morgan fingerprint density at radius 1 is 1.08 bits per heavy atom. The second kappa shape index (κ2) is 8.65. The molecule has 0 aliphatic carbocycles. The van der Waals surface area contributed by atoms with Gasteiger partial charge < -0.3 is 24.4 Å². The Morgan fingerprint density at radius 3 is 2.27 bits per heavy atom. The second-order valence-electron chi connectivity index (χ2n) is 4.98. The van der Waals surface area contributed by atoms with Crippen LogP contribution in [0, 0.1) is 0 Å². The molecule has 0 saturated heterocycles. The van der Waals surface area contributed by atoms with E-state index in [0.29, 0.717) is 28.7 Å². The number of nitrogens with zero attached hydrogens (tertiary/aromatic N) is 3. The molecule has 0 aliphatic heterocycles. The van der Waals surface area contributed by atoms with Crippen LogP contribution in [0.25, 0.3) is 0 Å². The van der Waals surface area contributed by atoms with Crippen LogP contribution in [0.15, 0.2) is 29.4 Å². The molecule has 26 heavy (non-hydrogen) atoms. The monoisotopic (exact) mass is 360 g/mol. The average molecular weight is 360 g/mol. The molecule has 0 unspecified atom stereocenters. The number of carbonyl (C=O) groups is 1. The van der Waals surface area contributed by atoms with Crippen LogP contribution in [0.5, 0.6) is 11.8 Å². The summed E-state index contributed by atoms with van der Waals surface area (Å²) in [6.07, 6.45) is 0. The van der Waals surface area contributed by atoms with Crippen molar-refractivity contribution in [3.8, 4) is 11.8 Å². The predicted molar refractivity (Wildman–Crippen MR) is 95.4 cm³/mol. The number of esters is 1. The van der Waals surface area contributed by atoms with Crippen LogP contribution in [-0.4, -0.2) is 50.1 Å². The number of ether oxygens (including phenoxy) is 3. The number of rotatable bonds is 7. The minimum absolute atomic E-state index is 0.199. The van der Waals surface area contributed by atoms with Crippen molar-refractivity contribution in [2.75, 3.05) is 33.8 Å². The molecule has 1 N–H and O–H groups in total. The Hall–Kier alpha value is -3.36. The second-order valence-corrected chi connectivity index (χ2v) is 4.98. The molecule has 0 atom stereocenters. The molecule has 0 bridgehead atoms. The van der Waals surface area contributed by atoms with Crippen LogP contribution < -0.4 is 14.8 Å². The highest BCUT2D eigenvalue weighted by molar-refractivity contribution is 6.10. The van der Waals surface area contributed by atoms with Gasteiger partial charge in [0.05, 0.1) is 44.4 Å². The van der Waals surface area contributed by atoms with Crippen molar-refractivity contribution in [3.05, 3.63) is 35.4 Å². The van der Waals surface area contributed by atoms with E-state index in [0.717, 1.165) is 0 Å². The van der Waals surface area contributed by atoms with Crippen LogP contribution in [-0.2, 0) is 9.57 Å². The van der Waals surface area contributed by atoms with E-state index in [1.54, 1.807) is 25.1 Å². The maximum Gasteiger partial charge on any atom is 0.340 e. The molecule has 0 radical (unpaired) electrons. The summed E-state index contributed by atoms with van der Waals surface area (Å²) < 4.78 is 15.2. The lowest BCUT2D eigenvalue weighted by Gasteiger charge is -2.14. The van der Waals surface area contributed by atoms with Crippen molar-refractivity contribution in [2.24, 2.45) is 5.16 Å². The number of oxime groups is 1. The molecule has 138 valence electrons. The van der Waals surface area contributed by atoms with Crippen LogP contribution in [0.4, 0.5) is 11.6 Å². The molecule has 9 heteroatoms. The third-order valence-corrected chi connectivity index (χ3v) is 3.42. The topological polar surface area (TPSA) is 104 Å². The molecule has 0 fully saturated rings. The average Bonchev–Trinajstić information content (AvgIpc) is 2.67. The van der Waals surface area contributed by atoms with Crippen molar-refractivity contribution >= 4 is 23.3 Å². The summed E-state index contributed by atoms with van der Waals surface area (Å²) in [4.78, 5) is 25.6. The quantitative estimate of drug-likeness (QED) is 0.456. The summed E-state index contributed by atoms with van der Waals surface area (Å²) >= 11 is 0. The van der Waals surface area contributed by atoms with E-state index < -0.39 is 5.97 Å². The van der Waals surface area contributed by atoms with E-state index >= 15 is 0 Å². The Labute approximate surface area is 150 Å². The van der Waals surface area contributed by atoms with Gasteiger partial charge in [0.15, 0.2) is 0 Å². The van der Waals surface area contributed by atoms with E-state index in [1.807, 2.05) is 0 Å². The Bertz CT molecular complexity index is 801. The fraction of sp³-hybridized carbons (Fsp3) is 0.294. The number of methoxy groups -OCH3 is 3. The Balaban J connectivity index is 2.54. The van der Waals surface area contributed by atoms with Gasteiger partial charge in [-0.3, -0.25) is 0 Å². The number of aromatic nitrogens is 2. The van der Waals surface area contributed by atoms with Crippen molar-refractivity contribution < 1.29 is 23.8 Å². The van der Waals surface area contributed by atoms with Gasteiger partial charge in [-0.25, -0.2) is 4.79 Å². The summed E-state index contributed by atoms with van der Waals surface area (Å²) in [6.45, 7) is 1.72. The third kappa shape index (κ3) is 4.18. The molecule has 2 aromatic rings. The van der Waals surface area contributed by atoms with E-state index in [9.17, 15) is 4.79 Å². The minimum Gasteiger partial charge on any atom is -0.481 e. The fourth-order valence-electron chi connectivity index (χ4n) is 2.26. The number of nitrogens with one attached hydrogen (secondary N) is 1. The van der Waals surface area contributed by atoms with Crippen molar-refractivity contribution in [2.45, 2.75) is 6.92 Å². The molecule has 2 rings (SSSR count). The number of anilines is 2. The lowest BCUT2D eigenvalue weighted by Crippen LogP contribution is -2.13. The van der Waals surface area contributed by atoms with Crippen LogP contribution in [0.2, 0.25) is 0 Å². The van der Waals surface area contributed by atoms with Crippen molar-refractivity contribution in [1.29, 1.82) is 0 Å². The van der Waals surface area contributed by atoms with Gasteiger partial charge >= 0.3 is 5.97 Å². The van der Waals surface area contributed by atoms with Gasteiger partial charge in [0, 0.05) is 5.56 Å². The standard InChI is InChI=1S/C17H20N4O5/c1-10(21-26-5)11-7-6-8-12(15(11)16(22)25-4)18-17-19-13(23-2)9-14(20-17)24-3/h6-9H,1-5H3,(H,18,19,20)/b21-10+. The van der Waals surface area contributed by atoms with Gasteiger partial charge in [-0.2, -0.15) is 9.97 Å². The lowest BCUT2D eigenvalue weighted by atomic mass is 10.0. The number of hydrogen-bond acceptors (Lipinski definition) is 9. The zero-order valence-corrected chi connectivity index (χ0v) is 15.2. The predicted octanol–water partition coefficient (Wildman–Crippen LogP) is 2.39. The zero-order valence-electron chi connectivity index (χ0n) is 15.2. The summed E-state index contributed by atoms with van der Waals surface area (Å²) in [5.41, 5.74) is 1.79. The first kappa shape index (κ1) is 19.0. The zero-order chi connectivity index (χ0) is 19.1. The van der Waals surface area contributed by atoms with Gasteiger partial charge in [0.25, 0.3) is 0 Å². The molecule has 1 aromatic carbocycles. The third-order valence-electron chi connectivity index (χ3n) is 3.42. The van der Waals surface area contributed by atoms with Crippen molar-refractivity contribution in [3.63, 3.8) is 0 Å². The largest absolute Gasteiger partial charge is 0.481 e. The highest BCUT2D eigenvalue weighted by atomic mass is 16.6. The van der Waals surface area contributed by atoms with E-state index in [4.69, 9.17) is 19.0 Å². The van der Waals surface area contributed by atoms with E-state index in [1.165, 1.54) is 34.5 Å². The number of hydrogen-bond donors (Lipinski definition) is 1. The van der Waals surface area contributed by atoms with Crippen molar-refractivity contribution in [1.82, 2.24) is 9.97 Å². The lowest BCUT2D eigenvalue weighted by molar-refractivity contribution is 0.0601. The molecule has 0 saturated carbocycles. The molecule has 0 aliphatic rings. The number of benzene rings is 1. The van der Waals surface area contributed by atoms with Crippen LogP contribution in [0.3, 0.4) is 0 Å². The summed E-state index contributed by atoms with van der Waals surface area (Å²) in [7, 11) is 5.70. The van der Waals surface area contributed by atoms with Crippen LogP contribution in [0.1, 0.15) is 22.8 Å². The molecule has 1 heterocycles. The van der Waals surface area contributed by atoms with Gasteiger partial charge in [-0.1, -0.05) is 17.3 Å². The first-order valence-electron chi connectivity index (χ1n) is 7.57. The Morgan fingerprint density at radius 2 is 1.73 bits per heavy atom. The van der Waals surface area contributed by atoms with Gasteiger partial charge in [0.1, 0.15) is 7.11 Å². The highest BCUT2D eigenvalue weighted by Crippen LogP contribution is 2.26. The summed E-state index contributed by atoms with van der Waals surface area (Å²) in [5, 5.41) is 6.88. The summed E-state index contributed by atoms with van der Waals surface area (Å²) in [6, 6.07) is 6.74. The minimum atomic E-state index is -0.538. The van der Waals surface area contributed by atoms with E-state index in [-0.39, 0.29) is 11.5 Å². The van der Waals surface area contributed by atoms with E-state index in [2.05, 4.69) is 20.4 Å². The van der Waals surface area contributed by atoms with Gasteiger partial charge in [-0.15, -0.1) is 0 Å². The first-order valence-corrected chi connectivity index (χ1v) is 7.57. The molecule has 0 amide bonds. The highest BCUT2D eigenvalue weighted by Gasteiger charge is 2.20. The molecular weight excluding hydrogens is 340 g/mol. The SMILES string of the molecule is CO/N=C(\C)c1cccc(Nc2nc(OC)cc(OC)n2)c1C(=O)OC. The molecule has 9 nitrogen and oxygen atoms in total. The van der Waals surface area contributed by atoms with Gasteiger partial charge in [0.2, 0.25) is 17.7 Å². The van der Waals surface area contributed by atoms with Crippen LogP contribution >= 0.6 is 0 Å². The normalized spacial score (nSPS) is 10.9. The molecule has 0 spiro atoms. The first-order chi connectivity index (χ1) is 12.5.